The monoisotopic (exact) mass is 277 g/mol. The highest BCUT2D eigenvalue weighted by Crippen LogP contribution is 2.20. The van der Waals surface area contributed by atoms with Gasteiger partial charge in [-0.15, -0.1) is 0 Å². The van der Waals surface area contributed by atoms with E-state index < -0.39 is 0 Å². The number of amides is 1. The van der Waals surface area contributed by atoms with E-state index in [1.807, 2.05) is 19.1 Å². The topological polar surface area (TPSA) is 58.6 Å². The first kappa shape index (κ1) is 14.9. The number of aryl methyl sites for hydroxylation is 1. The van der Waals surface area contributed by atoms with Gasteiger partial charge in [-0.05, 0) is 49.8 Å². The fourth-order valence-corrected chi connectivity index (χ4v) is 2.59. The Balaban J connectivity index is 1.86. The summed E-state index contributed by atoms with van der Waals surface area (Å²) in [6, 6.07) is 5.55. The lowest BCUT2D eigenvalue weighted by molar-refractivity contribution is -0.121. The zero-order valence-electron chi connectivity index (χ0n) is 12.2. The van der Waals surface area contributed by atoms with Crippen molar-refractivity contribution < 1.29 is 14.6 Å². The second-order valence-corrected chi connectivity index (χ2v) is 5.60. The molecule has 0 radical (unpaired) electrons. The van der Waals surface area contributed by atoms with Gasteiger partial charge in [0.2, 0.25) is 5.91 Å². The lowest BCUT2D eigenvalue weighted by atomic mass is 9.93. The number of benzene rings is 1. The van der Waals surface area contributed by atoms with E-state index >= 15 is 0 Å². The van der Waals surface area contributed by atoms with Crippen molar-refractivity contribution in [1.82, 2.24) is 5.32 Å². The Morgan fingerprint density at radius 3 is 2.80 bits per heavy atom. The minimum Gasteiger partial charge on any atom is -0.508 e. The summed E-state index contributed by atoms with van der Waals surface area (Å²) in [6.45, 7) is 5.47. The quantitative estimate of drug-likeness (QED) is 0.887. The molecule has 1 fully saturated rings. The first-order valence-corrected chi connectivity index (χ1v) is 7.22. The Hall–Kier alpha value is -1.55. The maximum Gasteiger partial charge on any atom is 0.224 e. The fourth-order valence-electron chi connectivity index (χ4n) is 2.59. The summed E-state index contributed by atoms with van der Waals surface area (Å²) in [5, 5.41) is 12.7. The minimum absolute atomic E-state index is 0.00671. The average Bonchev–Trinajstić information content (AvgIpc) is 2.44. The van der Waals surface area contributed by atoms with Gasteiger partial charge in [-0.2, -0.15) is 0 Å². The standard InChI is InChI=1S/C16H23NO3/c1-11-3-4-13(9-15(11)18)10-16(19)17-12(2)14-5-7-20-8-6-14/h3-4,9,12,14,18H,5-8,10H2,1-2H3,(H,17,19). The van der Waals surface area contributed by atoms with Crippen LogP contribution in [0.15, 0.2) is 18.2 Å². The molecule has 1 saturated heterocycles. The third-order valence-electron chi connectivity index (χ3n) is 4.00. The van der Waals surface area contributed by atoms with Crippen LogP contribution in [0.2, 0.25) is 0 Å². The Bertz CT molecular complexity index is 467. The van der Waals surface area contributed by atoms with Crippen LogP contribution in [0.5, 0.6) is 5.75 Å². The molecule has 0 aliphatic carbocycles. The molecule has 0 aromatic heterocycles. The van der Waals surface area contributed by atoms with Gasteiger partial charge in [0.1, 0.15) is 5.75 Å². The summed E-state index contributed by atoms with van der Waals surface area (Å²) in [7, 11) is 0. The van der Waals surface area contributed by atoms with Gasteiger partial charge in [-0.25, -0.2) is 0 Å². The summed E-state index contributed by atoms with van der Waals surface area (Å²) in [6.07, 6.45) is 2.32. The molecule has 2 N–H and O–H groups in total. The maximum absolute atomic E-state index is 12.0. The zero-order valence-corrected chi connectivity index (χ0v) is 12.2. The number of hydrogen-bond acceptors (Lipinski definition) is 3. The Kier molecular flexibility index (Phi) is 5.01. The number of aromatic hydroxyl groups is 1. The van der Waals surface area contributed by atoms with Crippen LogP contribution in [0, 0.1) is 12.8 Å². The van der Waals surface area contributed by atoms with Gasteiger partial charge in [-0.1, -0.05) is 12.1 Å². The molecule has 110 valence electrons. The second-order valence-electron chi connectivity index (χ2n) is 5.60. The van der Waals surface area contributed by atoms with Crippen LogP contribution in [0.3, 0.4) is 0 Å². The molecular weight excluding hydrogens is 254 g/mol. The van der Waals surface area contributed by atoms with E-state index in [4.69, 9.17) is 4.74 Å². The maximum atomic E-state index is 12.0. The van der Waals surface area contributed by atoms with Crippen molar-refractivity contribution in [2.75, 3.05) is 13.2 Å². The van der Waals surface area contributed by atoms with Crippen molar-refractivity contribution in [3.05, 3.63) is 29.3 Å². The van der Waals surface area contributed by atoms with Gasteiger partial charge >= 0.3 is 0 Å². The third kappa shape index (κ3) is 3.97. The van der Waals surface area contributed by atoms with E-state index in [0.717, 1.165) is 37.2 Å². The molecule has 1 aliphatic rings. The highest BCUT2D eigenvalue weighted by atomic mass is 16.5. The summed E-state index contributed by atoms with van der Waals surface area (Å²) in [4.78, 5) is 12.0. The van der Waals surface area contributed by atoms with Gasteiger partial charge < -0.3 is 15.2 Å². The van der Waals surface area contributed by atoms with Gasteiger partial charge in [0.25, 0.3) is 0 Å². The molecule has 4 heteroatoms. The Labute approximate surface area is 120 Å². The van der Waals surface area contributed by atoms with E-state index in [9.17, 15) is 9.90 Å². The minimum atomic E-state index is 0.00671. The smallest absolute Gasteiger partial charge is 0.224 e. The lowest BCUT2D eigenvalue weighted by Crippen LogP contribution is -2.40. The van der Waals surface area contributed by atoms with Gasteiger partial charge in [0.15, 0.2) is 0 Å². The summed E-state index contributed by atoms with van der Waals surface area (Å²) >= 11 is 0. The number of carbonyl (C=O) groups excluding carboxylic acids is 1. The number of hydrogen-bond donors (Lipinski definition) is 2. The first-order valence-electron chi connectivity index (χ1n) is 7.22. The summed E-state index contributed by atoms with van der Waals surface area (Å²) < 4.78 is 5.33. The molecule has 1 amide bonds. The van der Waals surface area contributed by atoms with Crippen molar-refractivity contribution in [3.8, 4) is 5.75 Å². The molecule has 0 bridgehead atoms. The van der Waals surface area contributed by atoms with Crippen molar-refractivity contribution in [2.24, 2.45) is 5.92 Å². The van der Waals surface area contributed by atoms with Crippen LogP contribution < -0.4 is 5.32 Å². The molecule has 1 heterocycles. The van der Waals surface area contributed by atoms with Crippen molar-refractivity contribution in [3.63, 3.8) is 0 Å². The van der Waals surface area contributed by atoms with E-state index in [1.54, 1.807) is 6.07 Å². The van der Waals surface area contributed by atoms with E-state index in [2.05, 4.69) is 12.2 Å². The zero-order chi connectivity index (χ0) is 14.5. The molecule has 4 nitrogen and oxygen atoms in total. The number of phenolic OH excluding ortho intramolecular Hbond substituents is 1. The van der Waals surface area contributed by atoms with Crippen molar-refractivity contribution in [1.29, 1.82) is 0 Å². The molecule has 1 aromatic rings. The predicted octanol–water partition coefficient (Wildman–Crippen LogP) is 2.17. The molecule has 2 rings (SSSR count). The normalized spacial score (nSPS) is 17.7. The van der Waals surface area contributed by atoms with Crippen LogP contribution in [0.1, 0.15) is 30.9 Å². The highest BCUT2D eigenvalue weighted by molar-refractivity contribution is 5.79. The fraction of sp³-hybridized carbons (Fsp3) is 0.562. The molecule has 0 saturated carbocycles. The second kappa shape index (κ2) is 6.75. The van der Waals surface area contributed by atoms with Crippen LogP contribution in [-0.2, 0) is 16.0 Å². The average molecular weight is 277 g/mol. The van der Waals surface area contributed by atoms with Gasteiger partial charge in [0, 0.05) is 19.3 Å². The summed E-state index contributed by atoms with van der Waals surface area (Å²) in [5.41, 5.74) is 1.66. The molecule has 1 unspecified atom stereocenters. The molecule has 20 heavy (non-hydrogen) atoms. The molecule has 0 spiro atoms. The number of carbonyl (C=O) groups is 1. The van der Waals surface area contributed by atoms with Crippen molar-refractivity contribution in [2.45, 2.75) is 39.2 Å². The molecule has 1 aliphatic heterocycles. The molecular formula is C16H23NO3. The third-order valence-corrected chi connectivity index (χ3v) is 4.00. The van der Waals surface area contributed by atoms with E-state index in [-0.39, 0.29) is 17.7 Å². The Morgan fingerprint density at radius 2 is 2.15 bits per heavy atom. The lowest BCUT2D eigenvalue weighted by Gasteiger charge is -2.28. The largest absolute Gasteiger partial charge is 0.508 e. The predicted molar refractivity (Wildman–Crippen MR) is 77.7 cm³/mol. The van der Waals surface area contributed by atoms with Crippen LogP contribution >= 0.6 is 0 Å². The summed E-state index contributed by atoms with van der Waals surface area (Å²) in [5.74, 6) is 0.749. The number of nitrogens with one attached hydrogen (secondary N) is 1. The van der Waals surface area contributed by atoms with Crippen LogP contribution in [0.4, 0.5) is 0 Å². The Morgan fingerprint density at radius 1 is 1.45 bits per heavy atom. The SMILES string of the molecule is Cc1ccc(CC(=O)NC(C)C2CCOCC2)cc1O. The van der Waals surface area contributed by atoms with E-state index in [0.29, 0.717) is 12.3 Å². The van der Waals surface area contributed by atoms with Gasteiger partial charge in [-0.3, -0.25) is 4.79 Å². The molecule has 1 atom stereocenters. The highest BCUT2D eigenvalue weighted by Gasteiger charge is 2.21. The van der Waals surface area contributed by atoms with Crippen LogP contribution in [0.25, 0.3) is 0 Å². The van der Waals surface area contributed by atoms with Crippen LogP contribution in [-0.4, -0.2) is 30.3 Å². The van der Waals surface area contributed by atoms with Gasteiger partial charge in [0.05, 0.1) is 6.42 Å². The number of phenols is 1. The number of ether oxygens (including phenoxy) is 1. The van der Waals surface area contributed by atoms with E-state index in [1.165, 1.54) is 0 Å². The molecule has 1 aromatic carbocycles. The van der Waals surface area contributed by atoms with Crippen molar-refractivity contribution >= 4 is 5.91 Å². The number of rotatable bonds is 4. The first-order chi connectivity index (χ1) is 9.56.